The lowest BCUT2D eigenvalue weighted by Gasteiger charge is -2.17. The summed E-state index contributed by atoms with van der Waals surface area (Å²) in [6, 6.07) is -10.2. The van der Waals surface area contributed by atoms with Crippen LogP contribution >= 0.6 is 15.9 Å². The molecule has 0 unspecified atom stereocenters. The number of hydrogen-bond acceptors (Lipinski definition) is 1. The van der Waals surface area contributed by atoms with Gasteiger partial charge < -0.3 is 0 Å². The monoisotopic (exact) mass is 389 g/mol. The van der Waals surface area contributed by atoms with Gasteiger partial charge in [0.25, 0.3) is 0 Å². The minimum Gasteiger partial charge on any atom is -0.293 e. The van der Waals surface area contributed by atoms with Crippen molar-refractivity contribution in [2.75, 3.05) is 0 Å². The summed E-state index contributed by atoms with van der Waals surface area (Å²) in [6.45, 7) is 0. The number of benzene rings is 3. The third kappa shape index (κ3) is 2.68. The lowest BCUT2D eigenvalue weighted by atomic mass is 9.96. The van der Waals surface area contributed by atoms with Crippen LogP contribution in [0.1, 0.15) is 20.6 Å². The molecule has 0 aliphatic rings. The summed E-state index contributed by atoms with van der Waals surface area (Å²) in [7, 11) is 0. The molecule has 24 heavy (non-hydrogen) atoms. The van der Waals surface area contributed by atoms with E-state index >= 15 is 0 Å². The predicted octanol–water partition coefficient (Wildman–Crippen LogP) is 5.97. The van der Waals surface area contributed by atoms with Crippen LogP contribution in [-0.4, -0.2) is 9.55 Å². The second kappa shape index (κ2) is 6.46. The van der Waals surface area contributed by atoms with Gasteiger partial charge in [0.1, 0.15) is 0 Å². The zero-order valence-corrected chi connectivity index (χ0v) is 13.4. The van der Waals surface area contributed by atoms with Crippen molar-refractivity contribution in [2.24, 2.45) is 0 Å². The minimum absolute atomic E-state index is 0.253. The molecule has 0 aliphatic heterocycles. The molecule has 2 nitrogen and oxygen atoms in total. The van der Waals surface area contributed by atoms with Gasteiger partial charge in [0.15, 0.2) is 4.73 Å². The lowest BCUT2D eigenvalue weighted by Crippen LogP contribution is -1.99. The molecule has 4 rings (SSSR count). The number of aromatic nitrogens is 2. The normalized spacial score (nSPS) is 19.5. The standard InChI is InChI=1S/C21H15BrN2/c22-21-23-14-15-24(21)20-18(16-8-3-1-4-9-16)12-7-13-19(20)17-10-5-2-6-11-17/h1-15H/i1D,2D,3D,4D,5D,6D,7D,8D,9D,10D,11D,12D,13D,14D,15D. The number of rotatable bonds is 3. The van der Waals surface area contributed by atoms with Gasteiger partial charge in [-0.15, -0.1) is 0 Å². The predicted molar refractivity (Wildman–Crippen MR) is 102 cm³/mol. The molecule has 3 aromatic carbocycles. The average molecular weight is 390 g/mol. The van der Waals surface area contributed by atoms with Crippen molar-refractivity contribution in [3.8, 4) is 27.9 Å². The quantitative estimate of drug-likeness (QED) is 0.422. The van der Waals surface area contributed by atoms with Crippen molar-refractivity contribution in [3.63, 3.8) is 0 Å². The fraction of sp³-hybridized carbons (Fsp3) is 0. The molecule has 0 aliphatic carbocycles. The third-order valence-electron chi connectivity index (χ3n) is 3.07. The summed E-state index contributed by atoms with van der Waals surface area (Å²) < 4.78 is 125. The molecule has 0 fully saturated rings. The Labute approximate surface area is 170 Å². The molecule has 3 heteroatoms. The number of imidazole rings is 1. The van der Waals surface area contributed by atoms with E-state index in [1.54, 1.807) is 0 Å². The highest BCUT2D eigenvalue weighted by atomic mass is 79.9. The first-order valence-electron chi connectivity index (χ1n) is 14.1. The van der Waals surface area contributed by atoms with Gasteiger partial charge in [0, 0.05) is 23.5 Å². The molecule has 0 N–H and O–H groups in total. The SMILES string of the molecule is [2H]c1nc(Br)n(-c2c(-c3c([2H])c([2H])c([2H])c([2H])c3[2H])c([2H])c([2H])c([2H])c2-c2c([2H])c([2H])c([2H])c([2H])c2[2H])c1[2H]. The highest BCUT2D eigenvalue weighted by molar-refractivity contribution is 9.10. The van der Waals surface area contributed by atoms with E-state index < -0.39 is 119 Å². The highest BCUT2D eigenvalue weighted by Crippen LogP contribution is 2.36. The summed E-state index contributed by atoms with van der Waals surface area (Å²) in [5, 5.41) is 0. The number of para-hydroxylation sites is 1. The Morgan fingerprint density at radius 3 is 1.75 bits per heavy atom. The molecule has 0 saturated heterocycles. The Morgan fingerprint density at radius 1 is 0.750 bits per heavy atom. The summed E-state index contributed by atoms with van der Waals surface area (Å²) in [5.41, 5.74) is -2.78. The zero-order chi connectivity index (χ0) is 29.4. The fourth-order valence-electron chi connectivity index (χ4n) is 2.10. The Morgan fingerprint density at radius 2 is 1.29 bits per heavy atom. The molecule has 0 saturated carbocycles. The molecule has 1 aromatic heterocycles. The van der Waals surface area contributed by atoms with Crippen LogP contribution in [0.3, 0.4) is 0 Å². The van der Waals surface area contributed by atoms with E-state index in [1.807, 2.05) is 0 Å². The third-order valence-corrected chi connectivity index (χ3v) is 3.60. The van der Waals surface area contributed by atoms with E-state index in [-0.39, 0.29) is 4.73 Å². The zero-order valence-electron chi connectivity index (χ0n) is 26.8. The van der Waals surface area contributed by atoms with E-state index in [2.05, 4.69) is 20.9 Å². The van der Waals surface area contributed by atoms with Crippen molar-refractivity contribution in [2.45, 2.75) is 0 Å². The van der Waals surface area contributed by atoms with Crippen molar-refractivity contribution in [1.29, 1.82) is 0 Å². The van der Waals surface area contributed by atoms with E-state index in [9.17, 15) is 0 Å². The van der Waals surface area contributed by atoms with Crippen LogP contribution in [-0.2, 0) is 0 Å². The number of halogens is 1. The fourth-order valence-corrected chi connectivity index (χ4v) is 2.46. The van der Waals surface area contributed by atoms with Crippen LogP contribution in [0.4, 0.5) is 0 Å². The van der Waals surface area contributed by atoms with Crippen molar-refractivity contribution in [1.82, 2.24) is 9.55 Å². The van der Waals surface area contributed by atoms with Gasteiger partial charge >= 0.3 is 0 Å². The Hall–Kier alpha value is -2.65. The summed E-state index contributed by atoms with van der Waals surface area (Å²) in [5.74, 6) is 0. The van der Waals surface area contributed by atoms with Crippen LogP contribution in [0.25, 0.3) is 27.9 Å². The molecule has 0 radical (unpaired) electrons. The Kier molecular flexibility index (Phi) is 1.54. The van der Waals surface area contributed by atoms with Gasteiger partial charge in [-0.05, 0) is 27.1 Å². The van der Waals surface area contributed by atoms with Crippen LogP contribution in [0.5, 0.6) is 0 Å². The van der Waals surface area contributed by atoms with Crippen molar-refractivity contribution < 1.29 is 20.6 Å². The summed E-state index contributed by atoms with van der Waals surface area (Å²) >= 11 is 3.09. The average Bonchev–Trinajstić information content (AvgIpc) is 3.15. The number of nitrogens with zero attached hydrogens (tertiary/aromatic N) is 2. The van der Waals surface area contributed by atoms with Gasteiger partial charge in [-0.1, -0.05) is 78.6 Å². The second-order valence-corrected chi connectivity index (χ2v) is 5.12. The van der Waals surface area contributed by atoms with Crippen LogP contribution in [0, 0.1) is 0 Å². The maximum atomic E-state index is 8.69. The highest BCUT2D eigenvalue weighted by Gasteiger charge is 2.15. The first kappa shape index (κ1) is 5.71. The first-order chi connectivity index (χ1) is 18.1. The Balaban J connectivity index is 2.43. The maximum Gasteiger partial charge on any atom is 0.181 e. The molecular weight excluding hydrogens is 360 g/mol. The van der Waals surface area contributed by atoms with E-state index in [0.29, 0.717) is 0 Å². The Bertz CT molecular complexity index is 1580. The first-order valence-corrected chi connectivity index (χ1v) is 7.35. The molecular formula is C21H15BrN2. The van der Waals surface area contributed by atoms with E-state index in [0.717, 1.165) is 4.57 Å². The van der Waals surface area contributed by atoms with E-state index in [4.69, 9.17) is 20.6 Å². The molecule has 0 bridgehead atoms. The second-order valence-electron chi connectivity index (χ2n) is 4.41. The molecule has 0 atom stereocenters. The topological polar surface area (TPSA) is 17.8 Å². The maximum absolute atomic E-state index is 8.69. The van der Waals surface area contributed by atoms with Gasteiger partial charge in [0.05, 0.1) is 26.2 Å². The van der Waals surface area contributed by atoms with Crippen LogP contribution < -0.4 is 0 Å². The van der Waals surface area contributed by atoms with Crippen LogP contribution in [0.15, 0.2) is 95.6 Å². The van der Waals surface area contributed by atoms with Crippen LogP contribution in [0.2, 0.25) is 0 Å². The summed E-state index contributed by atoms with van der Waals surface area (Å²) in [6.07, 6.45) is -1.26. The smallest absolute Gasteiger partial charge is 0.181 e. The molecule has 4 aromatic rings. The lowest BCUT2D eigenvalue weighted by molar-refractivity contribution is 1.02. The minimum atomic E-state index is -0.837. The molecule has 0 spiro atoms. The molecule has 1 heterocycles. The number of hydrogen-bond donors (Lipinski definition) is 0. The van der Waals surface area contributed by atoms with Crippen molar-refractivity contribution in [3.05, 3.63) is 95.6 Å². The van der Waals surface area contributed by atoms with Gasteiger partial charge in [-0.3, -0.25) is 4.57 Å². The van der Waals surface area contributed by atoms with Crippen molar-refractivity contribution >= 4 is 15.9 Å². The molecule has 0 amide bonds. The summed E-state index contributed by atoms with van der Waals surface area (Å²) in [4.78, 5) is 3.82. The van der Waals surface area contributed by atoms with Gasteiger partial charge in [-0.25, -0.2) is 4.98 Å². The van der Waals surface area contributed by atoms with Gasteiger partial charge in [-0.2, -0.15) is 0 Å². The van der Waals surface area contributed by atoms with Gasteiger partial charge in [0.2, 0.25) is 0 Å². The largest absolute Gasteiger partial charge is 0.293 e. The molecule has 116 valence electrons. The van der Waals surface area contributed by atoms with E-state index in [1.165, 1.54) is 0 Å².